The van der Waals surface area contributed by atoms with E-state index in [0.29, 0.717) is 12.8 Å². The summed E-state index contributed by atoms with van der Waals surface area (Å²) < 4.78 is 10.6. The number of epoxide rings is 2. The average molecular weight is 284 g/mol. The van der Waals surface area contributed by atoms with E-state index in [2.05, 4.69) is 0 Å². The fourth-order valence-electron chi connectivity index (χ4n) is 2.79. The van der Waals surface area contributed by atoms with E-state index in [0.717, 1.165) is 0 Å². The van der Waals surface area contributed by atoms with Crippen molar-refractivity contribution in [3.8, 4) is 0 Å². The van der Waals surface area contributed by atoms with Crippen LogP contribution in [-0.4, -0.2) is 36.4 Å². The van der Waals surface area contributed by atoms with Gasteiger partial charge in [0.25, 0.3) is 0 Å². The van der Waals surface area contributed by atoms with E-state index in [1.807, 2.05) is 13.8 Å². The van der Waals surface area contributed by atoms with Gasteiger partial charge in [-0.2, -0.15) is 0 Å². The van der Waals surface area contributed by atoms with Crippen LogP contribution in [0, 0.1) is 5.41 Å². The number of hydrogen-bond acceptors (Lipinski definition) is 6. The molecule has 2 rings (SSSR count). The van der Waals surface area contributed by atoms with Crippen LogP contribution in [0.25, 0.3) is 0 Å². The smallest absolute Gasteiger partial charge is 0.0848 e. The van der Waals surface area contributed by atoms with Gasteiger partial charge < -0.3 is 29.3 Å². The second-order valence-corrected chi connectivity index (χ2v) is 5.96. The lowest BCUT2D eigenvalue weighted by Crippen LogP contribution is -2.44. The van der Waals surface area contributed by atoms with E-state index < -0.39 is 17.4 Å². The second kappa shape index (κ2) is 5.69. The lowest BCUT2D eigenvalue weighted by Gasteiger charge is -2.34. The van der Waals surface area contributed by atoms with Crippen LogP contribution < -0.4 is 10.2 Å². The third kappa shape index (κ3) is 3.70. The van der Waals surface area contributed by atoms with Gasteiger partial charge in [0.15, 0.2) is 0 Å². The summed E-state index contributed by atoms with van der Waals surface area (Å²) in [5.74, 6) is -2.30. The summed E-state index contributed by atoms with van der Waals surface area (Å²) >= 11 is 0. The molecule has 4 atom stereocenters. The molecule has 4 unspecified atom stereocenters. The molecule has 2 fully saturated rings. The Hall–Kier alpha value is -1.14. The highest BCUT2D eigenvalue weighted by Gasteiger charge is 2.48. The summed E-state index contributed by atoms with van der Waals surface area (Å²) in [7, 11) is 0. The van der Waals surface area contributed by atoms with E-state index in [1.54, 1.807) is 0 Å². The average Bonchev–Trinajstić information content (AvgIpc) is 3.20. The molecule has 0 aromatic carbocycles. The second-order valence-electron chi connectivity index (χ2n) is 5.96. The molecule has 2 aliphatic rings. The number of carboxylic acid groups (broad SMARTS) is 2. The zero-order chi connectivity index (χ0) is 14.9. The van der Waals surface area contributed by atoms with Crippen LogP contribution in [0.15, 0.2) is 0 Å². The van der Waals surface area contributed by atoms with Crippen LogP contribution in [0.5, 0.6) is 0 Å². The van der Waals surface area contributed by atoms with Crippen molar-refractivity contribution in [2.45, 2.75) is 70.4 Å². The van der Waals surface area contributed by atoms with Crippen molar-refractivity contribution in [1.82, 2.24) is 0 Å². The van der Waals surface area contributed by atoms with Crippen LogP contribution in [-0.2, 0) is 19.1 Å². The normalized spacial score (nSPS) is 34.3. The summed E-state index contributed by atoms with van der Waals surface area (Å²) in [6, 6.07) is 0. The van der Waals surface area contributed by atoms with Crippen LogP contribution in [0.4, 0.5) is 0 Å². The molecule has 6 heteroatoms. The summed E-state index contributed by atoms with van der Waals surface area (Å²) in [5, 5.41) is 22.2. The molecule has 0 radical (unpaired) electrons. The molecule has 2 aliphatic heterocycles. The Bertz CT molecular complexity index is 375. The highest BCUT2D eigenvalue weighted by atomic mass is 16.6. The number of carbonyl (C=O) groups excluding carboxylic acids is 2. The lowest BCUT2D eigenvalue weighted by atomic mass is 9.74. The molecule has 0 aromatic heterocycles. The molecule has 0 aromatic rings. The zero-order valence-corrected chi connectivity index (χ0v) is 11.8. The monoisotopic (exact) mass is 284 g/mol. The third-order valence-electron chi connectivity index (χ3n) is 4.33. The number of rotatable bonds is 9. The SMILES string of the molecule is CC1OC1CC(CCCC(=O)[O-])(CC1OC1C)C(=O)[O-]. The molecule has 2 saturated heterocycles. The summed E-state index contributed by atoms with van der Waals surface area (Å²) in [6.45, 7) is 3.78. The van der Waals surface area contributed by atoms with Crippen molar-refractivity contribution in [2.24, 2.45) is 5.41 Å². The number of carboxylic acids is 2. The van der Waals surface area contributed by atoms with Crippen molar-refractivity contribution in [1.29, 1.82) is 0 Å². The lowest BCUT2D eigenvalue weighted by molar-refractivity contribution is -0.321. The van der Waals surface area contributed by atoms with Crippen molar-refractivity contribution >= 4 is 11.9 Å². The Morgan fingerprint density at radius 3 is 1.80 bits per heavy atom. The van der Waals surface area contributed by atoms with Crippen molar-refractivity contribution < 1.29 is 29.3 Å². The maximum atomic E-state index is 11.7. The molecule has 0 amide bonds. The summed E-state index contributed by atoms with van der Waals surface area (Å²) in [5.41, 5.74) is -1.07. The van der Waals surface area contributed by atoms with E-state index in [-0.39, 0.29) is 43.7 Å². The molecule has 0 spiro atoms. The fourth-order valence-corrected chi connectivity index (χ4v) is 2.79. The molecule has 0 saturated carbocycles. The van der Waals surface area contributed by atoms with Crippen LogP contribution >= 0.6 is 0 Å². The van der Waals surface area contributed by atoms with Gasteiger partial charge in [0.05, 0.1) is 24.4 Å². The van der Waals surface area contributed by atoms with E-state index in [9.17, 15) is 19.8 Å². The number of aliphatic carboxylic acids is 2. The van der Waals surface area contributed by atoms with Crippen LogP contribution in [0.2, 0.25) is 0 Å². The molecule has 0 N–H and O–H groups in total. The Kier molecular flexibility index (Phi) is 4.34. The van der Waals surface area contributed by atoms with Gasteiger partial charge in [0, 0.05) is 17.4 Å². The molecular formula is C14H20O6-2. The first kappa shape index (κ1) is 15.3. The first-order valence-corrected chi connectivity index (χ1v) is 7.06. The summed E-state index contributed by atoms with van der Waals surface area (Å²) in [4.78, 5) is 22.2. The largest absolute Gasteiger partial charge is 0.550 e. The Balaban J connectivity index is 2.01. The van der Waals surface area contributed by atoms with Gasteiger partial charge >= 0.3 is 0 Å². The van der Waals surface area contributed by atoms with E-state index >= 15 is 0 Å². The van der Waals surface area contributed by atoms with Gasteiger partial charge in [-0.3, -0.25) is 0 Å². The fraction of sp³-hybridized carbons (Fsp3) is 0.857. The van der Waals surface area contributed by atoms with Gasteiger partial charge in [-0.1, -0.05) is 0 Å². The first-order chi connectivity index (χ1) is 9.34. The van der Waals surface area contributed by atoms with Crippen molar-refractivity contribution in [3.05, 3.63) is 0 Å². The molecule has 0 aliphatic carbocycles. The quantitative estimate of drug-likeness (QED) is 0.503. The number of ether oxygens (including phenoxy) is 2. The van der Waals surface area contributed by atoms with Gasteiger partial charge in [0.2, 0.25) is 0 Å². The Morgan fingerprint density at radius 1 is 1.05 bits per heavy atom. The highest BCUT2D eigenvalue weighted by molar-refractivity contribution is 5.73. The highest BCUT2D eigenvalue weighted by Crippen LogP contribution is 2.44. The topological polar surface area (TPSA) is 105 Å². The Morgan fingerprint density at radius 2 is 1.50 bits per heavy atom. The number of carbonyl (C=O) groups is 2. The maximum Gasteiger partial charge on any atom is 0.0848 e. The Labute approximate surface area is 118 Å². The van der Waals surface area contributed by atoms with E-state index in [4.69, 9.17) is 9.47 Å². The minimum absolute atomic E-state index is 0.0624. The third-order valence-corrected chi connectivity index (χ3v) is 4.33. The number of hydrogen-bond donors (Lipinski definition) is 0. The molecule has 114 valence electrons. The van der Waals surface area contributed by atoms with Crippen molar-refractivity contribution in [2.75, 3.05) is 0 Å². The van der Waals surface area contributed by atoms with Gasteiger partial charge in [-0.05, 0) is 46.0 Å². The van der Waals surface area contributed by atoms with Gasteiger partial charge in [-0.25, -0.2) is 0 Å². The minimum Gasteiger partial charge on any atom is -0.550 e. The molecule has 2 heterocycles. The molecule has 6 nitrogen and oxygen atoms in total. The van der Waals surface area contributed by atoms with Gasteiger partial charge in [0.1, 0.15) is 0 Å². The maximum absolute atomic E-state index is 11.7. The summed E-state index contributed by atoms with van der Waals surface area (Å²) in [6.07, 6.45) is 1.05. The van der Waals surface area contributed by atoms with Crippen LogP contribution in [0.1, 0.15) is 46.0 Å². The van der Waals surface area contributed by atoms with E-state index in [1.165, 1.54) is 0 Å². The van der Waals surface area contributed by atoms with Crippen LogP contribution in [0.3, 0.4) is 0 Å². The standard InChI is InChI=1S/C14H22O6/c1-8-10(19-8)6-14(13(17)18,5-3-4-12(15)16)7-11-9(2)20-11/h8-11H,3-7H2,1-2H3,(H,15,16)(H,17,18)/p-2. The van der Waals surface area contributed by atoms with Crippen molar-refractivity contribution in [3.63, 3.8) is 0 Å². The molecule has 20 heavy (non-hydrogen) atoms. The molecular weight excluding hydrogens is 264 g/mol. The zero-order valence-electron chi connectivity index (χ0n) is 11.8. The molecule has 0 bridgehead atoms. The predicted octanol–water partition coefficient (Wildman–Crippen LogP) is -1.00. The first-order valence-electron chi connectivity index (χ1n) is 7.06. The van der Waals surface area contributed by atoms with Gasteiger partial charge in [-0.15, -0.1) is 0 Å². The predicted molar refractivity (Wildman–Crippen MR) is 64.2 cm³/mol. The minimum atomic E-state index is -1.16.